The molecule has 0 aliphatic carbocycles. The first-order valence-corrected chi connectivity index (χ1v) is 22.2. The van der Waals surface area contributed by atoms with Crippen LogP contribution in [-0.4, -0.2) is 148 Å². The van der Waals surface area contributed by atoms with Crippen LogP contribution in [0.4, 0.5) is 4.79 Å². The van der Waals surface area contributed by atoms with E-state index in [-0.39, 0.29) is 54.7 Å². The van der Waals surface area contributed by atoms with Crippen molar-refractivity contribution in [3.8, 4) is 0 Å². The van der Waals surface area contributed by atoms with Crippen LogP contribution in [-0.2, 0) is 33.3 Å². The topological polar surface area (TPSA) is 179 Å². The molecule has 2 saturated heterocycles. The van der Waals surface area contributed by atoms with E-state index in [1.54, 1.807) is 43.2 Å². The number of nitrogens with zero attached hydrogens (tertiary/aromatic N) is 3. The highest BCUT2D eigenvalue weighted by Gasteiger charge is 2.47. The van der Waals surface area contributed by atoms with E-state index in [2.05, 4.69) is 11.8 Å². The molecule has 2 fully saturated rings. The van der Waals surface area contributed by atoms with E-state index in [9.17, 15) is 34.5 Å². The number of aliphatic hydroxyl groups is 3. The first-order chi connectivity index (χ1) is 28.4. The van der Waals surface area contributed by atoms with Crippen molar-refractivity contribution >= 4 is 23.9 Å². The lowest BCUT2D eigenvalue weighted by Gasteiger charge is -2.42. The number of cyclic esters (lactones) is 1. The molecule has 338 valence electrons. The molecule has 4 aliphatic heterocycles. The molecule has 0 bridgehead atoms. The van der Waals surface area contributed by atoms with Gasteiger partial charge in [-0.15, -0.1) is 0 Å². The summed E-state index contributed by atoms with van der Waals surface area (Å²) in [5, 5.41) is 32.2. The minimum atomic E-state index is -1.17. The number of ether oxygens (including phenoxy) is 4. The van der Waals surface area contributed by atoms with E-state index in [0.717, 1.165) is 44.2 Å². The third-order valence-electron chi connectivity index (χ3n) is 12.9. The van der Waals surface area contributed by atoms with Crippen LogP contribution in [0, 0.1) is 11.8 Å². The molecule has 11 atom stereocenters. The van der Waals surface area contributed by atoms with Crippen molar-refractivity contribution in [1.29, 1.82) is 0 Å². The Kier molecular flexibility index (Phi) is 18.6. The highest BCUT2D eigenvalue weighted by atomic mass is 16.6. The standard InChI is InChI=1S/C46H73N3O11/c1-9-34-30-48(27-26-47(34)24-13-11-12-14-25-49-39(52)19-20-40(49)53)44(55)59-38-18-17-32(4)42(60-41(54)28-35(50)21-23-46(38,7)57-8)31(3)16-15-22-45(6,56)29-37-43(58-37)33(5)36(51)10-2/h15-20,22,32-38,42-43,50-51,56H,9-14,21,23-30H2,1-8H3/b18-17+,22-15+,31-16+/t32-,33+,34+,35+,36-,37+,38-,42+,43+,45-,46+/m0/s1. The molecular weight excluding hydrogens is 771 g/mol. The molecule has 14 nitrogen and oxygen atoms in total. The number of piperazine rings is 1. The monoisotopic (exact) mass is 844 g/mol. The number of unbranched alkanes of at least 4 members (excludes halogenated alkanes) is 3. The molecule has 0 unspecified atom stereocenters. The zero-order valence-electron chi connectivity index (χ0n) is 37.3. The number of rotatable bonds is 18. The van der Waals surface area contributed by atoms with Gasteiger partial charge in [-0.2, -0.15) is 0 Å². The number of allylic oxidation sites excluding steroid dienone is 2. The van der Waals surface area contributed by atoms with Crippen LogP contribution >= 0.6 is 0 Å². The highest BCUT2D eigenvalue weighted by Crippen LogP contribution is 2.38. The molecule has 4 aliphatic rings. The second kappa shape index (κ2) is 22.6. The van der Waals surface area contributed by atoms with Crippen molar-refractivity contribution in [2.45, 2.75) is 167 Å². The SMILES string of the molecule is CC[C@@H]1CN(C(=O)O[C@H]2/C=C/[C@H](C)[C@@H](/C(C)=C/C=C/[C@](C)(O)C[C@H]3O[C@@H]3[C@H](C)[C@@H](O)CC)OC(=O)C[C@H](O)CC[C@@]2(C)OC)CCN1CCCCCCN1C(=O)C=CC1=O. The summed E-state index contributed by atoms with van der Waals surface area (Å²) in [5.74, 6) is -1.39. The van der Waals surface area contributed by atoms with Gasteiger partial charge in [-0.3, -0.25) is 24.2 Å². The van der Waals surface area contributed by atoms with E-state index >= 15 is 0 Å². The largest absolute Gasteiger partial charge is 0.457 e. The Morgan fingerprint density at radius 3 is 2.42 bits per heavy atom. The van der Waals surface area contributed by atoms with E-state index in [1.165, 1.54) is 17.1 Å². The van der Waals surface area contributed by atoms with Gasteiger partial charge in [0.1, 0.15) is 11.7 Å². The van der Waals surface area contributed by atoms with Crippen molar-refractivity contribution in [3.05, 3.63) is 48.1 Å². The maximum absolute atomic E-state index is 13.9. The third kappa shape index (κ3) is 14.1. The fourth-order valence-electron chi connectivity index (χ4n) is 8.52. The molecule has 0 aromatic heterocycles. The maximum Gasteiger partial charge on any atom is 0.410 e. The number of methoxy groups -OCH3 is 1. The minimum absolute atomic E-state index is 0.0210. The number of amides is 3. The molecule has 60 heavy (non-hydrogen) atoms. The van der Waals surface area contributed by atoms with Crippen molar-refractivity contribution < 1.29 is 53.4 Å². The minimum Gasteiger partial charge on any atom is -0.457 e. The van der Waals surface area contributed by atoms with Crippen LogP contribution in [0.25, 0.3) is 0 Å². The molecule has 0 aromatic rings. The average Bonchev–Trinajstić information content (AvgIpc) is 3.90. The van der Waals surface area contributed by atoms with Gasteiger partial charge in [-0.1, -0.05) is 64.8 Å². The Hall–Kier alpha value is -3.40. The molecule has 0 saturated carbocycles. The van der Waals surface area contributed by atoms with Crippen LogP contribution in [0.1, 0.15) is 113 Å². The third-order valence-corrected chi connectivity index (χ3v) is 12.9. The van der Waals surface area contributed by atoms with E-state index in [4.69, 9.17) is 18.9 Å². The molecule has 0 spiro atoms. The summed E-state index contributed by atoms with van der Waals surface area (Å²) >= 11 is 0. The molecule has 0 radical (unpaired) electrons. The Morgan fingerprint density at radius 1 is 1.08 bits per heavy atom. The normalized spacial score (nSPS) is 32.3. The fourth-order valence-corrected chi connectivity index (χ4v) is 8.52. The van der Waals surface area contributed by atoms with Crippen molar-refractivity contribution in [2.75, 3.05) is 39.8 Å². The van der Waals surface area contributed by atoms with E-state index in [1.807, 2.05) is 40.7 Å². The van der Waals surface area contributed by atoms with Gasteiger partial charge < -0.3 is 39.2 Å². The van der Waals surface area contributed by atoms with E-state index in [0.29, 0.717) is 45.4 Å². The summed E-state index contributed by atoms with van der Waals surface area (Å²) in [4.78, 5) is 56.0. The lowest BCUT2D eigenvalue weighted by Crippen LogP contribution is -2.56. The summed E-state index contributed by atoms with van der Waals surface area (Å²) in [6.45, 7) is 16.4. The van der Waals surface area contributed by atoms with Gasteiger partial charge in [0, 0.05) is 69.7 Å². The van der Waals surface area contributed by atoms with Gasteiger partial charge in [-0.05, 0) is 77.5 Å². The summed E-state index contributed by atoms with van der Waals surface area (Å²) in [6, 6.07) is 0.165. The number of epoxide rings is 1. The van der Waals surface area contributed by atoms with Crippen LogP contribution in [0.2, 0.25) is 0 Å². The van der Waals surface area contributed by atoms with Crippen LogP contribution < -0.4 is 0 Å². The Balaban J connectivity index is 1.38. The first-order valence-electron chi connectivity index (χ1n) is 22.2. The van der Waals surface area contributed by atoms with Gasteiger partial charge in [0.25, 0.3) is 11.8 Å². The Morgan fingerprint density at radius 2 is 1.77 bits per heavy atom. The molecular formula is C46H73N3O11. The maximum atomic E-state index is 13.9. The Bertz CT molecular complexity index is 1560. The predicted octanol–water partition coefficient (Wildman–Crippen LogP) is 5.25. The zero-order chi connectivity index (χ0) is 44.2. The number of hydrogen-bond acceptors (Lipinski definition) is 12. The van der Waals surface area contributed by atoms with Gasteiger partial charge in [-0.25, -0.2) is 4.79 Å². The molecule has 3 N–H and O–H groups in total. The number of carbonyl (C=O) groups is 4. The lowest BCUT2D eigenvalue weighted by molar-refractivity contribution is -0.151. The quantitative estimate of drug-likeness (QED) is 0.0409. The zero-order valence-corrected chi connectivity index (χ0v) is 37.3. The number of esters is 1. The van der Waals surface area contributed by atoms with Crippen molar-refractivity contribution in [1.82, 2.24) is 14.7 Å². The number of hydrogen-bond donors (Lipinski definition) is 3. The van der Waals surface area contributed by atoms with Crippen LogP contribution in [0.3, 0.4) is 0 Å². The lowest BCUT2D eigenvalue weighted by atomic mass is 9.88. The smallest absolute Gasteiger partial charge is 0.410 e. The van der Waals surface area contributed by atoms with Crippen molar-refractivity contribution in [2.24, 2.45) is 11.8 Å². The summed E-state index contributed by atoms with van der Waals surface area (Å²) < 4.78 is 24.0. The number of carbonyl (C=O) groups excluding carboxylic acids is 4. The number of imide groups is 1. The summed E-state index contributed by atoms with van der Waals surface area (Å²) in [6.07, 6.45) is 13.8. The summed E-state index contributed by atoms with van der Waals surface area (Å²) in [5.41, 5.74) is -1.45. The molecule has 0 aromatic carbocycles. The van der Waals surface area contributed by atoms with Gasteiger partial charge >= 0.3 is 12.1 Å². The van der Waals surface area contributed by atoms with Gasteiger partial charge in [0.2, 0.25) is 0 Å². The molecule has 4 rings (SSSR count). The van der Waals surface area contributed by atoms with Crippen LogP contribution in [0.15, 0.2) is 48.1 Å². The van der Waals surface area contributed by atoms with Crippen molar-refractivity contribution in [3.63, 3.8) is 0 Å². The van der Waals surface area contributed by atoms with Crippen LogP contribution in [0.5, 0.6) is 0 Å². The van der Waals surface area contributed by atoms with Gasteiger partial charge in [0.05, 0.1) is 36.4 Å². The van der Waals surface area contributed by atoms with Gasteiger partial charge in [0.15, 0.2) is 6.10 Å². The fraction of sp³-hybridized carbons (Fsp3) is 0.739. The second-order valence-electron chi connectivity index (χ2n) is 17.8. The predicted molar refractivity (Wildman–Crippen MR) is 228 cm³/mol. The highest BCUT2D eigenvalue weighted by molar-refractivity contribution is 6.12. The number of aliphatic hydroxyl groups excluding tert-OH is 2. The molecule has 14 heteroatoms. The average molecular weight is 844 g/mol. The van der Waals surface area contributed by atoms with E-state index < -0.39 is 47.7 Å². The molecule has 3 amide bonds. The second-order valence-corrected chi connectivity index (χ2v) is 17.8. The Labute approximate surface area is 357 Å². The first kappa shape index (κ1) is 49.3. The molecule has 4 heterocycles. The summed E-state index contributed by atoms with van der Waals surface area (Å²) in [7, 11) is 1.56.